The topological polar surface area (TPSA) is 53.0 Å². The Hall–Kier alpha value is -1.43. The van der Waals surface area contributed by atoms with E-state index in [1.165, 1.54) is 0 Å². The second kappa shape index (κ2) is 9.01. The van der Waals surface area contributed by atoms with Crippen molar-refractivity contribution in [1.82, 2.24) is 9.80 Å². The van der Waals surface area contributed by atoms with Crippen LogP contribution in [0.15, 0.2) is 30.3 Å². The molecule has 1 aliphatic heterocycles. The summed E-state index contributed by atoms with van der Waals surface area (Å²) in [4.78, 5) is 16.6. The van der Waals surface area contributed by atoms with E-state index in [-0.39, 0.29) is 17.9 Å². The first-order valence-corrected chi connectivity index (χ1v) is 8.37. The third-order valence-electron chi connectivity index (χ3n) is 4.11. The van der Waals surface area contributed by atoms with Gasteiger partial charge in [-0.2, -0.15) is 0 Å². The summed E-state index contributed by atoms with van der Waals surface area (Å²) < 4.78 is 5.68. The summed E-state index contributed by atoms with van der Waals surface area (Å²) in [6, 6.07) is 9.99. The number of benzene rings is 1. The van der Waals surface area contributed by atoms with Gasteiger partial charge in [0.2, 0.25) is 5.91 Å². The zero-order valence-electron chi connectivity index (χ0n) is 14.1. The fourth-order valence-electron chi connectivity index (χ4n) is 2.84. The summed E-state index contributed by atoms with van der Waals surface area (Å²) in [5.41, 5.74) is 1.12. The highest BCUT2D eigenvalue weighted by Crippen LogP contribution is 2.10. The van der Waals surface area contributed by atoms with Crippen molar-refractivity contribution in [2.45, 2.75) is 26.6 Å². The zero-order valence-corrected chi connectivity index (χ0v) is 14.1. The Balaban J connectivity index is 1.69. The number of rotatable bonds is 7. The van der Waals surface area contributed by atoms with Gasteiger partial charge in [-0.25, -0.2) is 0 Å². The second-order valence-electron chi connectivity index (χ2n) is 6.38. The Morgan fingerprint density at radius 1 is 1.17 bits per heavy atom. The van der Waals surface area contributed by atoms with Crippen molar-refractivity contribution in [2.75, 3.05) is 39.3 Å². The van der Waals surface area contributed by atoms with Crippen molar-refractivity contribution in [3.63, 3.8) is 0 Å². The fraction of sp³-hybridized carbons (Fsp3) is 0.611. The molecule has 0 unspecified atom stereocenters. The van der Waals surface area contributed by atoms with Crippen LogP contribution in [0.3, 0.4) is 0 Å². The molecule has 1 N–H and O–H groups in total. The summed E-state index contributed by atoms with van der Waals surface area (Å²) >= 11 is 0. The number of ether oxygens (including phenoxy) is 1. The molecule has 0 saturated carbocycles. The van der Waals surface area contributed by atoms with Gasteiger partial charge >= 0.3 is 0 Å². The third-order valence-corrected chi connectivity index (χ3v) is 4.11. The maximum Gasteiger partial charge on any atom is 0.227 e. The van der Waals surface area contributed by atoms with Gasteiger partial charge in [0.05, 0.1) is 25.2 Å². The molecule has 2 atom stereocenters. The van der Waals surface area contributed by atoms with Crippen LogP contribution in [0.4, 0.5) is 0 Å². The van der Waals surface area contributed by atoms with E-state index in [0.717, 1.165) is 31.7 Å². The highest BCUT2D eigenvalue weighted by atomic mass is 16.5. The van der Waals surface area contributed by atoms with E-state index in [0.29, 0.717) is 19.8 Å². The van der Waals surface area contributed by atoms with Crippen molar-refractivity contribution in [2.24, 2.45) is 5.92 Å². The third kappa shape index (κ3) is 5.94. The van der Waals surface area contributed by atoms with E-state index in [9.17, 15) is 9.90 Å². The maximum absolute atomic E-state index is 12.4. The number of piperazine rings is 1. The van der Waals surface area contributed by atoms with Gasteiger partial charge in [0, 0.05) is 32.7 Å². The Bertz CT molecular complexity index is 470. The minimum absolute atomic E-state index is 0.123. The molecular weight excluding hydrogens is 292 g/mol. The molecule has 0 aromatic heterocycles. The fourth-order valence-corrected chi connectivity index (χ4v) is 2.84. The highest BCUT2D eigenvalue weighted by molar-refractivity contribution is 5.78. The van der Waals surface area contributed by atoms with Gasteiger partial charge in [0.25, 0.3) is 0 Å². The van der Waals surface area contributed by atoms with Crippen molar-refractivity contribution < 1.29 is 14.6 Å². The number of hydrogen-bond donors (Lipinski definition) is 1. The predicted molar refractivity (Wildman–Crippen MR) is 90.0 cm³/mol. The number of hydrogen-bond acceptors (Lipinski definition) is 4. The van der Waals surface area contributed by atoms with Gasteiger partial charge in [-0.15, -0.1) is 0 Å². The van der Waals surface area contributed by atoms with Crippen LogP contribution < -0.4 is 0 Å². The van der Waals surface area contributed by atoms with Crippen LogP contribution in [0.1, 0.15) is 19.4 Å². The first-order chi connectivity index (χ1) is 11.1. The molecule has 1 aromatic carbocycles. The monoisotopic (exact) mass is 320 g/mol. The molecule has 5 heteroatoms. The number of aliphatic hydroxyl groups is 1. The summed E-state index contributed by atoms with van der Waals surface area (Å²) in [6.07, 6.45) is -0.317. The zero-order chi connectivity index (χ0) is 16.7. The average Bonchev–Trinajstić information content (AvgIpc) is 2.55. The van der Waals surface area contributed by atoms with Gasteiger partial charge < -0.3 is 14.7 Å². The summed E-state index contributed by atoms with van der Waals surface area (Å²) in [6.45, 7) is 8.50. The van der Waals surface area contributed by atoms with Crippen molar-refractivity contribution >= 4 is 5.91 Å². The predicted octanol–water partition coefficient (Wildman–Crippen LogP) is 1.36. The lowest BCUT2D eigenvalue weighted by Gasteiger charge is -2.36. The van der Waals surface area contributed by atoms with Gasteiger partial charge in [0.1, 0.15) is 0 Å². The Labute approximate surface area is 138 Å². The largest absolute Gasteiger partial charge is 0.392 e. The molecule has 1 aromatic rings. The van der Waals surface area contributed by atoms with Crippen molar-refractivity contribution in [3.8, 4) is 0 Å². The molecule has 1 aliphatic rings. The molecule has 2 rings (SSSR count). The first kappa shape index (κ1) is 17.9. The molecule has 1 heterocycles. The number of carbonyl (C=O) groups is 1. The average molecular weight is 320 g/mol. The van der Waals surface area contributed by atoms with Gasteiger partial charge in [-0.1, -0.05) is 37.3 Å². The Morgan fingerprint density at radius 3 is 2.43 bits per heavy atom. The standard InChI is InChI=1S/C18H28N2O3/c1-15(13-23-14-17-6-4-3-5-7-17)18(22)20-10-8-19(9-11-20)12-16(2)21/h3-7,15-16,21H,8-14H2,1-2H3/t15-,16+/m0/s1. The molecule has 128 valence electrons. The Morgan fingerprint density at radius 2 is 1.83 bits per heavy atom. The van der Waals surface area contributed by atoms with Crippen LogP contribution in [0.5, 0.6) is 0 Å². The molecule has 1 amide bonds. The molecule has 1 fully saturated rings. The number of nitrogens with zero attached hydrogens (tertiary/aromatic N) is 2. The summed E-state index contributed by atoms with van der Waals surface area (Å²) in [5, 5.41) is 9.42. The highest BCUT2D eigenvalue weighted by Gasteiger charge is 2.25. The molecule has 0 radical (unpaired) electrons. The van der Waals surface area contributed by atoms with Crippen LogP contribution in [0, 0.1) is 5.92 Å². The quantitative estimate of drug-likeness (QED) is 0.824. The number of β-amino-alcohol motifs (C(OH)–C–C–N with tert-alkyl or cyclic N) is 1. The van der Waals surface area contributed by atoms with Gasteiger partial charge in [0.15, 0.2) is 0 Å². The van der Waals surface area contributed by atoms with E-state index in [2.05, 4.69) is 4.90 Å². The summed E-state index contributed by atoms with van der Waals surface area (Å²) in [7, 11) is 0. The van der Waals surface area contributed by atoms with E-state index in [4.69, 9.17) is 4.74 Å². The molecule has 0 spiro atoms. The second-order valence-corrected chi connectivity index (χ2v) is 6.38. The smallest absolute Gasteiger partial charge is 0.227 e. The number of carbonyl (C=O) groups excluding carboxylic acids is 1. The number of amides is 1. The van der Waals surface area contributed by atoms with Crippen LogP contribution in [-0.4, -0.2) is 66.2 Å². The SMILES string of the molecule is C[C@@H](O)CN1CCN(C(=O)[C@@H](C)COCc2ccccc2)CC1. The maximum atomic E-state index is 12.4. The minimum Gasteiger partial charge on any atom is -0.392 e. The van der Waals surface area contributed by atoms with Gasteiger partial charge in [-0.05, 0) is 12.5 Å². The van der Waals surface area contributed by atoms with Crippen LogP contribution in [0.25, 0.3) is 0 Å². The van der Waals surface area contributed by atoms with E-state index >= 15 is 0 Å². The van der Waals surface area contributed by atoms with Crippen molar-refractivity contribution in [1.29, 1.82) is 0 Å². The normalized spacial score (nSPS) is 18.7. The van der Waals surface area contributed by atoms with E-state index in [1.807, 2.05) is 42.2 Å². The molecule has 0 aliphatic carbocycles. The van der Waals surface area contributed by atoms with Crippen LogP contribution in [0.2, 0.25) is 0 Å². The molecule has 23 heavy (non-hydrogen) atoms. The lowest BCUT2D eigenvalue weighted by Crippen LogP contribution is -2.51. The van der Waals surface area contributed by atoms with Crippen LogP contribution in [-0.2, 0) is 16.1 Å². The lowest BCUT2D eigenvalue weighted by atomic mass is 10.1. The summed E-state index contributed by atoms with van der Waals surface area (Å²) in [5.74, 6) is 0.0387. The Kier molecular flexibility index (Phi) is 7.02. The minimum atomic E-state index is -0.317. The molecule has 0 bridgehead atoms. The number of aliphatic hydroxyl groups excluding tert-OH is 1. The molecule has 1 saturated heterocycles. The molecule has 5 nitrogen and oxygen atoms in total. The van der Waals surface area contributed by atoms with E-state index in [1.54, 1.807) is 6.92 Å². The lowest BCUT2D eigenvalue weighted by molar-refractivity contribution is -0.139. The van der Waals surface area contributed by atoms with Crippen LogP contribution >= 0.6 is 0 Å². The van der Waals surface area contributed by atoms with E-state index < -0.39 is 0 Å². The first-order valence-electron chi connectivity index (χ1n) is 8.37. The van der Waals surface area contributed by atoms with Gasteiger partial charge in [-0.3, -0.25) is 9.69 Å². The van der Waals surface area contributed by atoms with Crippen molar-refractivity contribution in [3.05, 3.63) is 35.9 Å². The molecular formula is C18H28N2O3.